The monoisotopic (exact) mass is 314 g/mol. The molecule has 1 fully saturated rings. The van der Waals surface area contributed by atoms with Crippen LogP contribution in [0.5, 0.6) is 0 Å². The highest BCUT2D eigenvalue weighted by Gasteiger charge is 2.26. The summed E-state index contributed by atoms with van der Waals surface area (Å²) in [6.45, 7) is 24.0. The zero-order chi connectivity index (χ0) is 18.2. The van der Waals surface area contributed by atoms with Gasteiger partial charge in [0.25, 0.3) is 0 Å². The van der Waals surface area contributed by atoms with Gasteiger partial charge in [0.15, 0.2) is 0 Å². The minimum absolute atomic E-state index is 0.509. The van der Waals surface area contributed by atoms with Gasteiger partial charge in [-0.05, 0) is 36.0 Å². The van der Waals surface area contributed by atoms with Crippen LogP contribution in [0.4, 0.5) is 0 Å². The van der Waals surface area contributed by atoms with Crippen LogP contribution in [0.25, 0.3) is 0 Å². The Morgan fingerprint density at radius 2 is 1.32 bits per heavy atom. The summed E-state index contributed by atoms with van der Waals surface area (Å²) in [6.07, 6.45) is 10.1. The van der Waals surface area contributed by atoms with Crippen LogP contribution in [-0.4, -0.2) is 0 Å². The summed E-state index contributed by atoms with van der Waals surface area (Å²) in [5.41, 5.74) is 0.509. The maximum absolute atomic E-state index is 2.32. The van der Waals surface area contributed by atoms with E-state index in [0.717, 1.165) is 17.8 Å². The molecule has 1 atom stereocenters. The van der Waals surface area contributed by atoms with Gasteiger partial charge < -0.3 is 0 Å². The molecule has 0 saturated heterocycles. The van der Waals surface area contributed by atoms with Gasteiger partial charge in [0, 0.05) is 0 Å². The minimum Gasteiger partial charge on any atom is -0.0683 e. The summed E-state index contributed by atoms with van der Waals surface area (Å²) in [7, 11) is 0. The molecule has 1 unspecified atom stereocenters. The largest absolute Gasteiger partial charge is 0.0683 e. The molecule has 0 spiro atoms. The van der Waals surface area contributed by atoms with Crippen LogP contribution in [0.2, 0.25) is 0 Å². The van der Waals surface area contributed by atoms with Crippen molar-refractivity contribution in [2.45, 2.75) is 121 Å². The highest BCUT2D eigenvalue weighted by molar-refractivity contribution is 4.77. The van der Waals surface area contributed by atoms with Crippen molar-refractivity contribution in [2.24, 2.45) is 23.2 Å². The Kier molecular flexibility index (Phi) is 21.2. The van der Waals surface area contributed by atoms with Crippen LogP contribution in [0.3, 0.4) is 0 Å². The van der Waals surface area contributed by atoms with Gasteiger partial charge in [0.2, 0.25) is 0 Å². The Hall–Kier alpha value is 0. The smallest absolute Gasteiger partial charge is 0.0357 e. The number of hydrogen-bond acceptors (Lipinski definition) is 0. The van der Waals surface area contributed by atoms with Crippen molar-refractivity contribution in [3.05, 3.63) is 0 Å². The average molecular weight is 315 g/mol. The topological polar surface area (TPSA) is 0 Å². The van der Waals surface area contributed by atoms with Crippen molar-refractivity contribution in [3.8, 4) is 0 Å². The highest BCUT2D eigenvalue weighted by atomic mass is 14.3. The van der Waals surface area contributed by atoms with Gasteiger partial charge >= 0.3 is 0 Å². The van der Waals surface area contributed by atoms with E-state index in [-0.39, 0.29) is 0 Å². The molecule has 0 heteroatoms. The molecule has 0 radical (unpaired) electrons. The zero-order valence-corrected chi connectivity index (χ0v) is 18.2. The van der Waals surface area contributed by atoms with Crippen molar-refractivity contribution in [2.75, 3.05) is 0 Å². The van der Waals surface area contributed by atoms with E-state index < -0.39 is 0 Å². The average Bonchev–Trinajstić information content (AvgIpc) is 2.49. The molecule has 138 valence electrons. The van der Waals surface area contributed by atoms with Gasteiger partial charge in [0.1, 0.15) is 0 Å². The first kappa shape index (κ1) is 26.9. The molecule has 1 rings (SSSR count). The summed E-state index contributed by atoms with van der Waals surface area (Å²) in [4.78, 5) is 0. The fraction of sp³-hybridized carbons (Fsp3) is 1.00. The van der Waals surface area contributed by atoms with Gasteiger partial charge in [-0.3, -0.25) is 0 Å². The second-order valence-corrected chi connectivity index (χ2v) is 7.43. The predicted octanol–water partition coefficient (Wildman–Crippen LogP) is 8.74. The quantitative estimate of drug-likeness (QED) is 0.475. The van der Waals surface area contributed by atoms with Gasteiger partial charge in [-0.1, -0.05) is 108 Å². The Labute approximate surface area is 144 Å². The third-order valence-electron chi connectivity index (χ3n) is 4.97. The van der Waals surface area contributed by atoms with Crippen molar-refractivity contribution in [1.29, 1.82) is 0 Å². The first-order valence-corrected chi connectivity index (χ1v) is 10.3. The molecule has 0 aromatic carbocycles. The first-order valence-electron chi connectivity index (χ1n) is 10.3. The third-order valence-corrected chi connectivity index (χ3v) is 4.97. The minimum atomic E-state index is 0.509. The Bertz CT molecular complexity index is 178. The first-order chi connectivity index (χ1) is 10.3. The molecule has 0 aliphatic heterocycles. The summed E-state index contributed by atoms with van der Waals surface area (Å²) in [6, 6.07) is 0. The normalized spacial score (nSPS) is 20.9. The summed E-state index contributed by atoms with van der Waals surface area (Å²) < 4.78 is 0. The maximum Gasteiger partial charge on any atom is -0.0357 e. The lowest BCUT2D eigenvalue weighted by atomic mass is 9.71. The molecular formula is C22H50. The highest BCUT2D eigenvalue weighted by Crippen LogP contribution is 2.38. The van der Waals surface area contributed by atoms with Crippen LogP contribution in [0.1, 0.15) is 121 Å². The number of rotatable bonds is 5. The fourth-order valence-electron chi connectivity index (χ4n) is 2.55. The standard InChI is InChI=1S/C10H20.C8H18.2C2H6/c1-3-5-6-10-7-9(4-2)8-10;1-6-7(2)8(3,4)5;2*1-2/h9-10H,3-8H2,1-2H3;7H,6H2,1-5H3;2*1-2H3. The molecule has 1 aliphatic carbocycles. The lowest BCUT2D eigenvalue weighted by molar-refractivity contribution is 0.174. The second kappa shape index (κ2) is 17.4. The van der Waals surface area contributed by atoms with Crippen molar-refractivity contribution < 1.29 is 0 Å². The molecule has 0 aromatic rings. The Balaban J connectivity index is -0.000000272. The van der Waals surface area contributed by atoms with Crippen LogP contribution in [-0.2, 0) is 0 Å². The van der Waals surface area contributed by atoms with E-state index in [4.69, 9.17) is 0 Å². The molecule has 0 heterocycles. The molecular weight excluding hydrogens is 264 g/mol. The molecule has 1 aliphatic rings. The molecule has 0 aromatic heterocycles. The fourth-order valence-corrected chi connectivity index (χ4v) is 2.55. The van der Waals surface area contributed by atoms with Crippen molar-refractivity contribution in [1.82, 2.24) is 0 Å². The summed E-state index contributed by atoms with van der Waals surface area (Å²) in [5, 5.41) is 0. The molecule has 0 amide bonds. The molecule has 22 heavy (non-hydrogen) atoms. The lowest BCUT2D eigenvalue weighted by Crippen LogP contribution is -2.22. The Morgan fingerprint density at radius 3 is 1.55 bits per heavy atom. The molecule has 0 N–H and O–H groups in total. The second-order valence-electron chi connectivity index (χ2n) is 7.43. The number of hydrogen-bond donors (Lipinski definition) is 0. The maximum atomic E-state index is 2.32. The van der Waals surface area contributed by atoms with Crippen LogP contribution >= 0.6 is 0 Å². The van der Waals surface area contributed by atoms with Crippen molar-refractivity contribution >= 4 is 0 Å². The van der Waals surface area contributed by atoms with E-state index in [1.165, 1.54) is 44.9 Å². The van der Waals surface area contributed by atoms with Crippen LogP contribution in [0, 0.1) is 23.2 Å². The van der Waals surface area contributed by atoms with E-state index in [1.54, 1.807) is 0 Å². The van der Waals surface area contributed by atoms with Gasteiger partial charge in [0.05, 0.1) is 0 Å². The van der Waals surface area contributed by atoms with Gasteiger partial charge in [-0.25, -0.2) is 0 Å². The van der Waals surface area contributed by atoms with E-state index in [1.807, 2.05) is 27.7 Å². The lowest BCUT2D eigenvalue weighted by Gasteiger charge is -2.34. The van der Waals surface area contributed by atoms with E-state index >= 15 is 0 Å². The van der Waals surface area contributed by atoms with Crippen LogP contribution < -0.4 is 0 Å². The molecule has 0 nitrogen and oxygen atoms in total. The van der Waals surface area contributed by atoms with Gasteiger partial charge in [-0.2, -0.15) is 0 Å². The van der Waals surface area contributed by atoms with Crippen molar-refractivity contribution in [3.63, 3.8) is 0 Å². The zero-order valence-electron chi connectivity index (χ0n) is 18.2. The van der Waals surface area contributed by atoms with E-state index in [9.17, 15) is 0 Å². The third kappa shape index (κ3) is 14.9. The van der Waals surface area contributed by atoms with E-state index in [2.05, 4.69) is 48.5 Å². The summed E-state index contributed by atoms with van der Waals surface area (Å²) in [5.74, 6) is 3.06. The van der Waals surface area contributed by atoms with Gasteiger partial charge in [-0.15, -0.1) is 0 Å². The molecule has 1 saturated carbocycles. The summed E-state index contributed by atoms with van der Waals surface area (Å²) >= 11 is 0. The SMILES string of the molecule is CC.CC.CCC(C)C(C)(C)C.CCCCC1CC(CC)C1. The number of unbranched alkanes of at least 4 members (excludes halogenated alkanes) is 1. The van der Waals surface area contributed by atoms with E-state index in [0.29, 0.717) is 5.41 Å². The Morgan fingerprint density at radius 1 is 0.864 bits per heavy atom. The van der Waals surface area contributed by atoms with Crippen LogP contribution in [0.15, 0.2) is 0 Å². The molecule has 0 bridgehead atoms. The predicted molar refractivity (Wildman–Crippen MR) is 108 cm³/mol.